The molecule has 0 aromatic heterocycles. The normalized spacial score (nSPS) is 12.6. The minimum Gasteiger partial charge on any atom is -0.311 e. The molecule has 0 aliphatic heterocycles. The highest BCUT2D eigenvalue weighted by atomic mass is 15.1. The summed E-state index contributed by atoms with van der Waals surface area (Å²) < 4.78 is 0. The summed E-state index contributed by atoms with van der Waals surface area (Å²) in [6.45, 7) is 4.77. The second-order valence-electron chi connectivity index (χ2n) is 15.4. The van der Waals surface area contributed by atoms with E-state index in [9.17, 15) is 0 Å². The Bertz CT molecular complexity index is 2740. The lowest BCUT2D eigenvalue weighted by Crippen LogP contribution is -2.24. The van der Waals surface area contributed by atoms with Crippen LogP contribution in [0.5, 0.6) is 0 Å². The zero-order valence-corrected chi connectivity index (χ0v) is 31.7. The molecule has 1 aliphatic carbocycles. The molecule has 10 rings (SSSR count). The number of hydrogen-bond donors (Lipinski definition) is 0. The van der Waals surface area contributed by atoms with E-state index in [1.54, 1.807) is 0 Å². The molecule has 0 atom stereocenters. The van der Waals surface area contributed by atoms with Gasteiger partial charge in [-0.1, -0.05) is 184 Å². The van der Waals surface area contributed by atoms with Crippen LogP contribution >= 0.6 is 0 Å². The van der Waals surface area contributed by atoms with E-state index in [2.05, 4.69) is 231 Å². The number of rotatable bonds is 7. The molecule has 0 saturated heterocycles. The molecule has 0 bridgehead atoms. The van der Waals surface area contributed by atoms with Crippen molar-refractivity contribution < 1.29 is 0 Å². The summed E-state index contributed by atoms with van der Waals surface area (Å²) in [4.78, 5) is 2.35. The zero-order chi connectivity index (χ0) is 37.6. The number of fused-ring (bicyclic) bond motifs is 2. The van der Waals surface area contributed by atoms with Gasteiger partial charge >= 0.3 is 0 Å². The third-order valence-electron chi connectivity index (χ3n) is 11.7. The van der Waals surface area contributed by atoms with Crippen molar-refractivity contribution in [3.05, 3.63) is 223 Å². The molecule has 0 radical (unpaired) electrons. The molecule has 266 valence electrons. The van der Waals surface area contributed by atoms with Gasteiger partial charge in [0.2, 0.25) is 0 Å². The molecule has 1 nitrogen and oxygen atoms in total. The third kappa shape index (κ3) is 5.81. The van der Waals surface area contributed by atoms with E-state index < -0.39 is 0 Å². The molecule has 1 heteroatoms. The Labute approximate surface area is 329 Å². The topological polar surface area (TPSA) is 3.24 Å². The molecular weight excluding hydrogens is 675 g/mol. The van der Waals surface area contributed by atoms with Gasteiger partial charge in [-0.15, -0.1) is 0 Å². The van der Waals surface area contributed by atoms with Crippen LogP contribution in [-0.4, -0.2) is 0 Å². The maximum Gasteiger partial charge on any atom is 0.0462 e. The Morgan fingerprint density at radius 1 is 0.321 bits per heavy atom. The fourth-order valence-corrected chi connectivity index (χ4v) is 8.76. The molecule has 1 aliphatic rings. The van der Waals surface area contributed by atoms with E-state index in [0.717, 1.165) is 17.1 Å². The summed E-state index contributed by atoms with van der Waals surface area (Å²) in [7, 11) is 0. The first-order chi connectivity index (χ1) is 27.5. The van der Waals surface area contributed by atoms with Crippen LogP contribution in [0.15, 0.2) is 212 Å². The van der Waals surface area contributed by atoms with Crippen LogP contribution in [0, 0.1) is 0 Å². The minimum absolute atomic E-state index is 0.165. The Hall–Kier alpha value is -6.96. The van der Waals surface area contributed by atoms with E-state index >= 15 is 0 Å². The quantitative estimate of drug-likeness (QED) is 0.159. The molecule has 0 N–H and O–H groups in total. The summed E-state index contributed by atoms with van der Waals surface area (Å²) in [5.41, 5.74) is 18.4. The minimum atomic E-state index is -0.165. The SMILES string of the molecule is CC1(C)c2cc(-c3ccc(N(c4ccc(-c5ccccc5)cc4)c4ccc(-c5ccccc5)cc4)cc3)ccc2-c2c(-c3ccccc3)ccc3cccc1c23. The molecule has 9 aromatic rings. The fraction of sp³-hybridized carbons (Fsp3) is 0.0545. The van der Waals surface area contributed by atoms with E-state index in [-0.39, 0.29) is 5.41 Å². The van der Waals surface area contributed by atoms with Gasteiger partial charge in [-0.25, -0.2) is 0 Å². The Balaban J connectivity index is 1.05. The van der Waals surface area contributed by atoms with Crippen LogP contribution in [0.3, 0.4) is 0 Å². The van der Waals surface area contributed by atoms with E-state index in [4.69, 9.17) is 0 Å². The summed E-state index contributed by atoms with van der Waals surface area (Å²) in [5, 5.41) is 2.67. The Morgan fingerprint density at radius 3 is 1.27 bits per heavy atom. The lowest BCUT2D eigenvalue weighted by molar-refractivity contribution is 0.645. The second kappa shape index (κ2) is 13.7. The largest absolute Gasteiger partial charge is 0.311 e. The zero-order valence-electron chi connectivity index (χ0n) is 31.7. The van der Waals surface area contributed by atoms with Crippen molar-refractivity contribution in [2.24, 2.45) is 0 Å². The lowest BCUT2D eigenvalue weighted by Gasteiger charge is -2.36. The molecule has 0 heterocycles. The van der Waals surface area contributed by atoms with Gasteiger partial charge in [0.15, 0.2) is 0 Å². The van der Waals surface area contributed by atoms with Crippen molar-refractivity contribution in [1.29, 1.82) is 0 Å². The van der Waals surface area contributed by atoms with Crippen LogP contribution in [0.2, 0.25) is 0 Å². The van der Waals surface area contributed by atoms with E-state index in [0.29, 0.717) is 0 Å². The highest BCUT2D eigenvalue weighted by molar-refractivity contribution is 6.09. The Morgan fingerprint density at radius 2 is 0.750 bits per heavy atom. The number of benzene rings is 9. The molecule has 0 saturated carbocycles. The first-order valence-corrected chi connectivity index (χ1v) is 19.5. The maximum absolute atomic E-state index is 2.44. The van der Waals surface area contributed by atoms with Crippen molar-refractivity contribution in [2.45, 2.75) is 19.3 Å². The first kappa shape index (κ1) is 33.6. The van der Waals surface area contributed by atoms with Crippen LogP contribution in [0.1, 0.15) is 25.0 Å². The van der Waals surface area contributed by atoms with Gasteiger partial charge in [0.1, 0.15) is 0 Å². The molecule has 0 amide bonds. The van der Waals surface area contributed by atoms with Gasteiger partial charge in [0.25, 0.3) is 0 Å². The highest BCUT2D eigenvalue weighted by Gasteiger charge is 2.35. The fourth-order valence-electron chi connectivity index (χ4n) is 8.76. The predicted octanol–water partition coefficient (Wildman–Crippen LogP) is 15.3. The molecule has 56 heavy (non-hydrogen) atoms. The number of anilines is 3. The van der Waals surface area contributed by atoms with Crippen molar-refractivity contribution in [3.63, 3.8) is 0 Å². The summed E-state index contributed by atoms with van der Waals surface area (Å²) in [6.07, 6.45) is 0. The predicted molar refractivity (Wildman–Crippen MR) is 238 cm³/mol. The van der Waals surface area contributed by atoms with Crippen LogP contribution in [-0.2, 0) is 5.41 Å². The molecule has 0 spiro atoms. The standard InChI is InChI=1S/C55H41N/c1-55(2)51-20-12-19-44-27-35-49(43-17-10-5-11-18-43)54(53(44)51)50-36-28-45(37-52(50)55)42-25-33-48(34-26-42)56(46-29-21-40(22-30-46)38-13-6-3-7-14-38)47-31-23-41(24-32-47)39-15-8-4-9-16-39/h3-37H,1-2H3. The highest BCUT2D eigenvalue weighted by Crippen LogP contribution is 2.52. The van der Waals surface area contributed by atoms with E-state index in [1.807, 2.05) is 0 Å². The van der Waals surface area contributed by atoms with Crippen molar-refractivity contribution in [3.8, 4) is 55.6 Å². The van der Waals surface area contributed by atoms with Gasteiger partial charge in [0, 0.05) is 22.5 Å². The second-order valence-corrected chi connectivity index (χ2v) is 15.4. The average Bonchev–Trinajstić information content (AvgIpc) is 3.27. The summed E-state index contributed by atoms with van der Waals surface area (Å²) >= 11 is 0. The van der Waals surface area contributed by atoms with Gasteiger partial charge in [-0.3, -0.25) is 0 Å². The third-order valence-corrected chi connectivity index (χ3v) is 11.7. The van der Waals surface area contributed by atoms with E-state index in [1.165, 1.54) is 77.5 Å². The smallest absolute Gasteiger partial charge is 0.0462 e. The summed E-state index contributed by atoms with van der Waals surface area (Å²) in [6, 6.07) is 77.4. The number of hydrogen-bond acceptors (Lipinski definition) is 1. The van der Waals surface area contributed by atoms with Crippen LogP contribution in [0.25, 0.3) is 66.4 Å². The first-order valence-electron chi connectivity index (χ1n) is 19.5. The Kier molecular flexibility index (Phi) is 8.23. The van der Waals surface area contributed by atoms with Gasteiger partial charge in [-0.2, -0.15) is 0 Å². The molecular formula is C55H41N. The van der Waals surface area contributed by atoms with Crippen molar-refractivity contribution >= 4 is 27.8 Å². The summed E-state index contributed by atoms with van der Waals surface area (Å²) in [5.74, 6) is 0. The monoisotopic (exact) mass is 715 g/mol. The van der Waals surface area contributed by atoms with Gasteiger partial charge < -0.3 is 4.90 Å². The number of nitrogens with zero attached hydrogens (tertiary/aromatic N) is 1. The van der Waals surface area contributed by atoms with Gasteiger partial charge in [-0.05, 0) is 120 Å². The van der Waals surface area contributed by atoms with Gasteiger partial charge in [0.05, 0.1) is 0 Å². The van der Waals surface area contributed by atoms with Crippen molar-refractivity contribution in [1.82, 2.24) is 0 Å². The van der Waals surface area contributed by atoms with Crippen LogP contribution < -0.4 is 4.90 Å². The molecule has 9 aromatic carbocycles. The molecule has 0 fully saturated rings. The van der Waals surface area contributed by atoms with Crippen LogP contribution in [0.4, 0.5) is 17.1 Å². The van der Waals surface area contributed by atoms with Crippen molar-refractivity contribution in [2.75, 3.05) is 4.90 Å². The lowest BCUT2D eigenvalue weighted by atomic mass is 9.67. The maximum atomic E-state index is 2.44. The molecule has 0 unspecified atom stereocenters. The average molecular weight is 716 g/mol.